The van der Waals surface area contributed by atoms with Crippen molar-refractivity contribution in [1.29, 1.82) is 0 Å². The SMILES string of the molecule is Cc1ccc(S(=O)(=O)Oc2ccc(OS(=O)(=O)c3ccc(C)cc3)c(S([O])(=O)=O)c2)cc1. The van der Waals surface area contributed by atoms with Gasteiger partial charge in [0.2, 0.25) is 0 Å². The summed E-state index contributed by atoms with van der Waals surface area (Å²) in [6.45, 7) is 3.49. The van der Waals surface area contributed by atoms with E-state index in [9.17, 15) is 29.8 Å². The van der Waals surface area contributed by atoms with E-state index in [1.807, 2.05) is 0 Å². The van der Waals surface area contributed by atoms with Crippen LogP contribution < -0.4 is 8.37 Å². The molecule has 0 fully saturated rings. The summed E-state index contributed by atoms with van der Waals surface area (Å²) in [5, 5.41) is 0. The molecule has 0 saturated carbocycles. The van der Waals surface area contributed by atoms with Gasteiger partial charge in [-0.1, -0.05) is 39.9 Å². The van der Waals surface area contributed by atoms with Crippen molar-refractivity contribution < 1.29 is 38.2 Å². The lowest BCUT2D eigenvalue weighted by Gasteiger charge is -2.12. The van der Waals surface area contributed by atoms with Crippen LogP contribution in [0.15, 0.2) is 81.4 Å². The first-order valence-corrected chi connectivity index (χ1v) is 13.1. The van der Waals surface area contributed by atoms with E-state index in [1.165, 1.54) is 48.5 Å². The molecule has 0 aliphatic heterocycles. The molecule has 3 aromatic carbocycles. The molecule has 3 aromatic rings. The van der Waals surface area contributed by atoms with Crippen LogP contribution in [-0.4, -0.2) is 25.3 Å². The van der Waals surface area contributed by atoms with E-state index < -0.39 is 46.7 Å². The van der Waals surface area contributed by atoms with Crippen molar-refractivity contribution in [3.8, 4) is 11.5 Å². The Morgan fingerprint density at radius 3 is 1.47 bits per heavy atom. The van der Waals surface area contributed by atoms with Gasteiger partial charge in [0.25, 0.3) is 0 Å². The molecular formula is C20H17O9S3. The fourth-order valence-electron chi connectivity index (χ4n) is 2.56. The molecule has 0 heterocycles. The van der Waals surface area contributed by atoms with E-state index in [-0.39, 0.29) is 9.79 Å². The molecule has 1 radical (unpaired) electrons. The molecule has 12 heteroatoms. The van der Waals surface area contributed by atoms with Gasteiger partial charge in [-0.25, -0.2) is 0 Å². The minimum absolute atomic E-state index is 0.197. The minimum atomic E-state index is -5.26. The molecule has 0 unspecified atom stereocenters. The highest BCUT2D eigenvalue weighted by molar-refractivity contribution is 7.87. The van der Waals surface area contributed by atoms with Gasteiger partial charge in [0.05, 0.1) is 0 Å². The van der Waals surface area contributed by atoms with Crippen LogP contribution in [0.5, 0.6) is 11.5 Å². The topological polar surface area (TPSA) is 141 Å². The highest BCUT2D eigenvalue weighted by atomic mass is 32.2. The molecule has 0 saturated heterocycles. The summed E-state index contributed by atoms with van der Waals surface area (Å²) in [5.41, 5.74) is 1.59. The Hall–Kier alpha value is -2.93. The van der Waals surface area contributed by atoms with Gasteiger partial charge in [-0.3, -0.25) is 0 Å². The quantitative estimate of drug-likeness (QED) is 0.454. The zero-order valence-corrected chi connectivity index (χ0v) is 19.2. The van der Waals surface area contributed by atoms with Crippen LogP contribution in [0.25, 0.3) is 0 Å². The van der Waals surface area contributed by atoms with E-state index in [0.29, 0.717) is 6.07 Å². The Bertz CT molecular complexity index is 1460. The summed E-state index contributed by atoms with van der Waals surface area (Å²) in [7, 11) is -14.1. The first-order valence-electron chi connectivity index (χ1n) is 8.90. The Labute approximate surface area is 186 Å². The molecule has 0 bridgehead atoms. The maximum Gasteiger partial charge on any atom is 0.339 e. The van der Waals surface area contributed by atoms with Crippen LogP contribution in [0.4, 0.5) is 0 Å². The fourth-order valence-corrected chi connectivity index (χ4v) is 5.09. The van der Waals surface area contributed by atoms with Crippen molar-refractivity contribution in [3.05, 3.63) is 77.9 Å². The lowest BCUT2D eigenvalue weighted by atomic mass is 10.2. The molecule has 0 amide bonds. The molecule has 169 valence electrons. The van der Waals surface area contributed by atoms with Crippen molar-refractivity contribution >= 4 is 30.4 Å². The van der Waals surface area contributed by atoms with Crippen molar-refractivity contribution in [2.75, 3.05) is 0 Å². The smallest absolute Gasteiger partial charge is 0.339 e. The average Bonchev–Trinajstić information content (AvgIpc) is 2.68. The van der Waals surface area contributed by atoms with Crippen LogP contribution >= 0.6 is 0 Å². The van der Waals surface area contributed by atoms with Gasteiger partial charge in [-0.2, -0.15) is 25.3 Å². The molecule has 0 aromatic heterocycles. The predicted octanol–water partition coefficient (Wildman–Crippen LogP) is 2.96. The molecule has 0 aliphatic carbocycles. The van der Waals surface area contributed by atoms with Gasteiger partial charge in [-0.05, 0) is 50.2 Å². The van der Waals surface area contributed by atoms with Crippen molar-refractivity contribution in [2.45, 2.75) is 28.5 Å². The van der Waals surface area contributed by atoms with E-state index in [0.717, 1.165) is 23.3 Å². The summed E-state index contributed by atoms with van der Waals surface area (Å²) in [4.78, 5) is -1.55. The zero-order valence-electron chi connectivity index (χ0n) is 16.7. The molecule has 3 rings (SSSR count). The number of rotatable bonds is 7. The zero-order chi connectivity index (χ0) is 23.7. The summed E-state index contributed by atoms with van der Waals surface area (Å²) >= 11 is 0. The Balaban J connectivity index is 1.98. The third-order valence-corrected chi connectivity index (χ3v) is 7.58. The summed E-state index contributed by atoms with van der Waals surface area (Å²) in [5.74, 6) is -1.30. The summed E-state index contributed by atoms with van der Waals surface area (Å²) in [6, 6.07) is 13.6. The van der Waals surface area contributed by atoms with Crippen LogP contribution in [0, 0.1) is 13.8 Å². The Kier molecular flexibility index (Phi) is 6.33. The molecule has 0 spiro atoms. The predicted molar refractivity (Wildman–Crippen MR) is 112 cm³/mol. The van der Waals surface area contributed by atoms with Gasteiger partial charge in [0, 0.05) is 6.07 Å². The summed E-state index contributed by atoms with van der Waals surface area (Å²) in [6.07, 6.45) is 0. The van der Waals surface area contributed by atoms with Crippen LogP contribution in [0.1, 0.15) is 11.1 Å². The first-order chi connectivity index (χ1) is 14.8. The van der Waals surface area contributed by atoms with E-state index in [1.54, 1.807) is 13.8 Å². The van der Waals surface area contributed by atoms with Gasteiger partial charge in [0.1, 0.15) is 20.4 Å². The molecule has 0 aliphatic rings. The molecule has 0 N–H and O–H groups in total. The van der Waals surface area contributed by atoms with Gasteiger partial charge in [0.15, 0.2) is 5.75 Å². The number of benzene rings is 3. The largest absolute Gasteiger partial charge is 0.379 e. The molecule has 32 heavy (non-hydrogen) atoms. The second-order valence-corrected chi connectivity index (χ2v) is 11.2. The van der Waals surface area contributed by atoms with Gasteiger partial charge >= 0.3 is 30.4 Å². The second-order valence-electron chi connectivity index (χ2n) is 6.76. The highest BCUT2D eigenvalue weighted by Crippen LogP contribution is 2.32. The maximum absolute atomic E-state index is 12.5. The average molecular weight is 498 g/mol. The lowest BCUT2D eigenvalue weighted by Crippen LogP contribution is -2.13. The third-order valence-electron chi connectivity index (χ3n) is 4.21. The van der Waals surface area contributed by atoms with Crippen molar-refractivity contribution in [3.63, 3.8) is 0 Å². The van der Waals surface area contributed by atoms with Crippen LogP contribution in [-0.2, 0) is 34.9 Å². The normalized spacial score (nSPS) is 12.3. The molecular weight excluding hydrogens is 480 g/mol. The second kappa shape index (κ2) is 8.54. The van der Waals surface area contributed by atoms with E-state index in [2.05, 4.69) is 0 Å². The number of hydrogen-bond donors (Lipinski definition) is 0. The molecule has 9 nitrogen and oxygen atoms in total. The standard InChI is InChI=1S/C20H17O9S3/c1-14-3-8-17(9-4-14)31(24,25)28-16-7-12-19(20(13-16)30(21,22)23)29-32(26,27)18-10-5-15(2)6-11-18/h3-13H,1-2H3. The molecule has 0 atom stereocenters. The fraction of sp³-hybridized carbons (Fsp3) is 0.100. The van der Waals surface area contributed by atoms with Crippen LogP contribution in [0.2, 0.25) is 0 Å². The Morgan fingerprint density at radius 1 is 0.594 bits per heavy atom. The minimum Gasteiger partial charge on any atom is -0.379 e. The maximum atomic E-state index is 12.5. The number of hydrogen-bond acceptors (Lipinski definition) is 8. The summed E-state index contributed by atoms with van der Waals surface area (Å²) < 4.78 is 94.7. The van der Waals surface area contributed by atoms with E-state index in [4.69, 9.17) is 8.37 Å². The van der Waals surface area contributed by atoms with E-state index >= 15 is 0 Å². The highest BCUT2D eigenvalue weighted by Gasteiger charge is 2.26. The lowest BCUT2D eigenvalue weighted by molar-refractivity contribution is 0.408. The first kappa shape index (κ1) is 23.7. The third kappa shape index (κ3) is 5.46. The Morgan fingerprint density at radius 2 is 1.03 bits per heavy atom. The van der Waals surface area contributed by atoms with Crippen molar-refractivity contribution in [2.24, 2.45) is 0 Å². The van der Waals surface area contributed by atoms with Gasteiger partial charge in [-0.15, -0.1) is 0 Å². The van der Waals surface area contributed by atoms with Crippen LogP contribution in [0.3, 0.4) is 0 Å². The van der Waals surface area contributed by atoms with Crippen molar-refractivity contribution in [1.82, 2.24) is 0 Å². The van der Waals surface area contributed by atoms with Gasteiger partial charge < -0.3 is 8.37 Å². The number of aryl methyl sites for hydroxylation is 2. The monoisotopic (exact) mass is 497 g/mol.